The number of nitrogens with zero attached hydrogens (tertiary/aromatic N) is 1. The van der Waals surface area contributed by atoms with Crippen LogP contribution in [0.25, 0.3) is 0 Å². The first-order valence-electron chi connectivity index (χ1n) is 3.85. The van der Waals surface area contributed by atoms with Crippen LogP contribution < -0.4 is 10.6 Å². The molecule has 0 heterocycles. The second-order valence-corrected chi connectivity index (χ2v) is 3.83. The predicted octanol–water partition coefficient (Wildman–Crippen LogP) is 2.19. The molecule has 1 aromatic rings. The number of nitrogens with two attached hydrogens (primary N) is 1. The molecule has 0 saturated carbocycles. The summed E-state index contributed by atoms with van der Waals surface area (Å²) in [6.07, 6.45) is -3.75. The van der Waals surface area contributed by atoms with E-state index in [4.69, 9.17) is 5.84 Å². The van der Waals surface area contributed by atoms with Crippen molar-refractivity contribution in [3.63, 3.8) is 0 Å². The Morgan fingerprint density at radius 2 is 2.06 bits per heavy atom. The zero-order valence-corrected chi connectivity index (χ0v) is 9.78. The average Bonchev–Trinajstić information content (AvgIpc) is 2.11. The fourth-order valence-electron chi connectivity index (χ4n) is 0.966. The summed E-state index contributed by atoms with van der Waals surface area (Å²) in [6, 6.07) is 2.04. The number of halogens is 4. The zero-order chi connectivity index (χ0) is 12.3. The Morgan fingerprint density at radius 1 is 1.44 bits per heavy atom. The Labute approximate surface area is 102 Å². The normalized spacial score (nSPS) is 12.0. The van der Waals surface area contributed by atoms with E-state index in [1.807, 2.05) is 0 Å². The van der Waals surface area contributed by atoms with Crippen molar-refractivity contribution in [3.8, 4) is 11.5 Å². The van der Waals surface area contributed by atoms with E-state index in [9.17, 15) is 18.3 Å². The van der Waals surface area contributed by atoms with Gasteiger partial charge in [-0.05, 0) is 34.7 Å². The lowest BCUT2D eigenvalue weighted by molar-refractivity contribution is -0.274. The molecule has 0 aliphatic heterocycles. The summed E-state index contributed by atoms with van der Waals surface area (Å²) in [7, 11) is 0. The molecule has 0 spiro atoms. The zero-order valence-electron chi connectivity index (χ0n) is 7.62. The molecule has 0 fully saturated rings. The molecule has 0 aliphatic rings. The van der Waals surface area contributed by atoms with Crippen molar-refractivity contribution in [2.24, 2.45) is 10.9 Å². The van der Waals surface area contributed by atoms with Gasteiger partial charge in [0.05, 0.1) is 9.78 Å². The SMILES string of the molecule is NN=Cc1cc(OC(F)(F)F)cc(I)c1O. The first-order valence-corrected chi connectivity index (χ1v) is 4.93. The molecule has 0 aliphatic carbocycles. The number of benzene rings is 1. The second-order valence-electron chi connectivity index (χ2n) is 2.67. The van der Waals surface area contributed by atoms with E-state index < -0.39 is 12.1 Å². The van der Waals surface area contributed by atoms with E-state index in [0.29, 0.717) is 0 Å². The average molecular weight is 346 g/mol. The Morgan fingerprint density at radius 3 is 2.56 bits per heavy atom. The second kappa shape index (κ2) is 4.76. The van der Waals surface area contributed by atoms with Crippen molar-refractivity contribution in [1.29, 1.82) is 0 Å². The van der Waals surface area contributed by atoms with Crippen LogP contribution in [0.4, 0.5) is 13.2 Å². The van der Waals surface area contributed by atoms with Gasteiger partial charge in [-0.2, -0.15) is 5.10 Å². The van der Waals surface area contributed by atoms with Crippen LogP contribution in [-0.4, -0.2) is 17.7 Å². The van der Waals surface area contributed by atoms with E-state index in [0.717, 1.165) is 18.3 Å². The van der Waals surface area contributed by atoms with Crippen LogP contribution in [0, 0.1) is 3.57 Å². The Hall–Kier alpha value is -1.19. The Bertz CT molecular complexity index is 420. The molecule has 0 aromatic heterocycles. The maximum atomic E-state index is 11.9. The van der Waals surface area contributed by atoms with Crippen LogP contribution >= 0.6 is 22.6 Å². The van der Waals surface area contributed by atoms with Gasteiger partial charge in [0.25, 0.3) is 0 Å². The molecule has 16 heavy (non-hydrogen) atoms. The number of hydrogen-bond acceptors (Lipinski definition) is 4. The molecule has 0 amide bonds. The van der Waals surface area contributed by atoms with Crippen molar-refractivity contribution >= 4 is 28.8 Å². The number of rotatable bonds is 2. The number of alkyl halides is 3. The highest BCUT2D eigenvalue weighted by atomic mass is 127. The van der Waals surface area contributed by atoms with E-state index in [1.165, 1.54) is 0 Å². The van der Waals surface area contributed by atoms with Gasteiger partial charge in [-0.25, -0.2) is 0 Å². The summed E-state index contributed by atoms with van der Waals surface area (Å²) >= 11 is 1.67. The minimum Gasteiger partial charge on any atom is -0.506 e. The quantitative estimate of drug-likeness (QED) is 0.373. The van der Waals surface area contributed by atoms with E-state index in [2.05, 4.69) is 9.84 Å². The van der Waals surface area contributed by atoms with Crippen LogP contribution in [0.5, 0.6) is 11.5 Å². The molecule has 0 atom stereocenters. The van der Waals surface area contributed by atoms with Gasteiger partial charge in [-0.15, -0.1) is 13.2 Å². The number of hydrazone groups is 1. The van der Waals surface area contributed by atoms with Crippen LogP contribution in [0.3, 0.4) is 0 Å². The minimum absolute atomic E-state index is 0.0497. The summed E-state index contributed by atoms with van der Waals surface area (Å²) in [6.45, 7) is 0. The third kappa shape index (κ3) is 3.43. The lowest BCUT2D eigenvalue weighted by Gasteiger charge is -2.10. The molecule has 3 N–H and O–H groups in total. The van der Waals surface area contributed by atoms with Crippen LogP contribution in [0.1, 0.15) is 5.56 Å². The van der Waals surface area contributed by atoms with Crippen molar-refractivity contribution in [2.75, 3.05) is 0 Å². The number of aromatic hydroxyl groups is 1. The molecular formula is C8H6F3IN2O2. The number of ether oxygens (including phenoxy) is 1. The van der Waals surface area contributed by atoms with E-state index >= 15 is 0 Å². The first-order chi connectivity index (χ1) is 7.33. The molecule has 1 aromatic carbocycles. The molecule has 4 nitrogen and oxygen atoms in total. The first kappa shape index (κ1) is 12.9. The Kier molecular flexibility index (Phi) is 3.83. The topological polar surface area (TPSA) is 67.8 Å². The van der Waals surface area contributed by atoms with Gasteiger partial charge in [0.15, 0.2) is 0 Å². The fourth-order valence-corrected chi connectivity index (χ4v) is 1.58. The molecule has 0 saturated heterocycles. The fraction of sp³-hybridized carbons (Fsp3) is 0.125. The molecule has 0 unspecified atom stereocenters. The maximum absolute atomic E-state index is 11.9. The van der Waals surface area contributed by atoms with E-state index in [1.54, 1.807) is 22.6 Å². The highest BCUT2D eigenvalue weighted by molar-refractivity contribution is 14.1. The van der Waals surface area contributed by atoms with Crippen molar-refractivity contribution in [2.45, 2.75) is 6.36 Å². The van der Waals surface area contributed by atoms with Crippen molar-refractivity contribution in [3.05, 3.63) is 21.3 Å². The number of phenols is 1. The lowest BCUT2D eigenvalue weighted by Crippen LogP contribution is -2.17. The standard InChI is InChI=1S/C8H6F3IN2O2/c9-8(10,11)16-5-1-4(3-14-13)7(15)6(12)2-5/h1-3,15H,13H2. The van der Waals surface area contributed by atoms with Gasteiger partial charge in [-0.3, -0.25) is 0 Å². The van der Waals surface area contributed by atoms with Gasteiger partial charge in [-0.1, -0.05) is 0 Å². The number of hydrogen-bond donors (Lipinski definition) is 2. The highest BCUT2D eigenvalue weighted by Gasteiger charge is 2.31. The van der Waals surface area contributed by atoms with E-state index in [-0.39, 0.29) is 14.9 Å². The molecule has 88 valence electrons. The highest BCUT2D eigenvalue weighted by Crippen LogP contribution is 2.31. The summed E-state index contributed by atoms with van der Waals surface area (Å²) in [5.41, 5.74) is 0.0497. The summed E-state index contributed by atoms with van der Waals surface area (Å²) < 4.78 is 39.7. The van der Waals surface area contributed by atoms with Crippen molar-refractivity contribution in [1.82, 2.24) is 0 Å². The molecule has 1 rings (SSSR count). The Balaban J connectivity index is 3.14. The molecule has 0 bridgehead atoms. The monoisotopic (exact) mass is 346 g/mol. The van der Waals surface area contributed by atoms with Crippen LogP contribution in [0.2, 0.25) is 0 Å². The predicted molar refractivity (Wildman–Crippen MR) is 59.3 cm³/mol. The summed E-state index contributed by atoms with van der Waals surface area (Å²) in [5, 5.41) is 12.6. The van der Waals surface area contributed by atoms with Gasteiger partial charge in [0.2, 0.25) is 0 Å². The summed E-state index contributed by atoms with van der Waals surface area (Å²) in [5.74, 6) is 4.21. The summed E-state index contributed by atoms with van der Waals surface area (Å²) in [4.78, 5) is 0. The van der Waals surface area contributed by atoms with Gasteiger partial charge in [0, 0.05) is 5.56 Å². The molecule has 8 heteroatoms. The maximum Gasteiger partial charge on any atom is 0.573 e. The van der Waals surface area contributed by atoms with Crippen molar-refractivity contribution < 1.29 is 23.0 Å². The molecular weight excluding hydrogens is 340 g/mol. The van der Waals surface area contributed by atoms with Gasteiger partial charge >= 0.3 is 6.36 Å². The van der Waals surface area contributed by atoms with Crippen LogP contribution in [0.15, 0.2) is 17.2 Å². The van der Waals surface area contributed by atoms with Crippen LogP contribution in [-0.2, 0) is 0 Å². The minimum atomic E-state index is -4.78. The number of phenolic OH excluding ortho intramolecular Hbond substituents is 1. The lowest BCUT2D eigenvalue weighted by atomic mass is 10.2. The largest absolute Gasteiger partial charge is 0.573 e. The smallest absolute Gasteiger partial charge is 0.506 e. The van der Waals surface area contributed by atoms with Gasteiger partial charge in [0.1, 0.15) is 11.5 Å². The molecule has 0 radical (unpaired) electrons. The van der Waals surface area contributed by atoms with Gasteiger partial charge < -0.3 is 15.7 Å². The third-order valence-corrected chi connectivity index (χ3v) is 2.34. The third-order valence-electron chi connectivity index (χ3n) is 1.51.